The maximum absolute atomic E-state index is 8.37. The molecule has 0 aliphatic carbocycles. The Morgan fingerprint density at radius 1 is 1.00 bits per heavy atom. The molecule has 23 heavy (non-hydrogen) atoms. The first kappa shape index (κ1) is 16.6. The molecule has 0 saturated carbocycles. The third kappa shape index (κ3) is 5.85. The minimum Gasteiger partial charge on any atom is -0.494 e. The average molecular weight is 308 g/mol. The van der Waals surface area contributed by atoms with Crippen LogP contribution in [0.4, 0.5) is 11.4 Å². The predicted octanol–water partition coefficient (Wildman–Crippen LogP) is 5.95. The number of benzene rings is 2. The summed E-state index contributed by atoms with van der Waals surface area (Å²) in [5.41, 5.74) is 10.8. The fourth-order valence-electron chi connectivity index (χ4n) is 2.00. The van der Waals surface area contributed by atoms with Gasteiger partial charge in [0.1, 0.15) is 5.75 Å². The summed E-state index contributed by atoms with van der Waals surface area (Å²) in [6, 6.07) is 15.0. The number of rotatable bonds is 8. The van der Waals surface area contributed by atoms with E-state index in [9.17, 15) is 0 Å². The summed E-state index contributed by atoms with van der Waals surface area (Å²) in [6.45, 7) is 2.94. The van der Waals surface area contributed by atoms with E-state index < -0.39 is 0 Å². The summed E-state index contributed by atoms with van der Waals surface area (Å²) in [7, 11) is 0. The van der Waals surface area contributed by atoms with Gasteiger partial charge in [-0.05, 0) is 41.8 Å². The maximum Gasteiger partial charge on any atom is 0.119 e. The Morgan fingerprint density at radius 2 is 1.70 bits per heavy atom. The van der Waals surface area contributed by atoms with Crippen LogP contribution in [0, 0.1) is 0 Å². The molecule has 0 atom stereocenters. The van der Waals surface area contributed by atoms with Gasteiger partial charge in [0.15, 0.2) is 0 Å². The maximum atomic E-state index is 8.37. The van der Waals surface area contributed by atoms with Crippen molar-refractivity contribution >= 4 is 17.6 Å². The van der Waals surface area contributed by atoms with Crippen molar-refractivity contribution in [1.29, 1.82) is 0 Å². The Kier molecular flexibility index (Phi) is 6.69. The number of hydrogen-bond acceptors (Lipinski definition) is 3. The van der Waals surface area contributed by atoms with Crippen molar-refractivity contribution in [2.45, 2.75) is 26.2 Å². The molecule has 2 aromatic rings. The van der Waals surface area contributed by atoms with E-state index in [-0.39, 0.29) is 0 Å². The average Bonchev–Trinajstić information content (AvgIpc) is 2.59. The Balaban J connectivity index is 1.90. The number of ether oxygens (including phenoxy) is 1. The van der Waals surface area contributed by atoms with Gasteiger partial charge >= 0.3 is 0 Å². The second-order valence-electron chi connectivity index (χ2n) is 5.09. The molecule has 0 aliphatic rings. The van der Waals surface area contributed by atoms with Crippen molar-refractivity contribution in [2.75, 3.05) is 6.61 Å². The number of hydrogen-bond donors (Lipinski definition) is 0. The summed E-state index contributed by atoms with van der Waals surface area (Å²) in [6.07, 6.45) is 5.25. The van der Waals surface area contributed by atoms with Crippen LogP contribution in [0.3, 0.4) is 0 Å². The normalized spacial score (nSPS) is 10.5. The highest BCUT2D eigenvalue weighted by Gasteiger charge is 1.95. The highest BCUT2D eigenvalue weighted by Crippen LogP contribution is 2.19. The summed E-state index contributed by atoms with van der Waals surface area (Å²) in [5.74, 6) is 0.874. The third-order valence-corrected chi connectivity index (χ3v) is 3.27. The molecule has 0 radical (unpaired) electrons. The first-order chi connectivity index (χ1) is 11.3. The number of unbranched alkanes of at least 4 members (excludes halogenated alkanes) is 2. The van der Waals surface area contributed by atoms with Crippen LogP contribution >= 0.6 is 0 Å². The van der Waals surface area contributed by atoms with Gasteiger partial charge in [0.25, 0.3) is 0 Å². The van der Waals surface area contributed by atoms with Gasteiger partial charge in [-0.1, -0.05) is 49.1 Å². The minimum atomic E-state index is 0.592. The van der Waals surface area contributed by atoms with E-state index in [4.69, 9.17) is 10.3 Å². The first-order valence-corrected chi connectivity index (χ1v) is 7.74. The Morgan fingerprint density at radius 3 is 2.35 bits per heavy atom. The largest absolute Gasteiger partial charge is 0.494 e. The molecule has 2 rings (SSSR count). The molecule has 0 heterocycles. The van der Waals surface area contributed by atoms with E-state index in [1.807, 2.05) is 36.4 Å². The van der Waals surface area contributed by atoms with Crippen LogP contribution in [-0.4, -0.2) is 12.8 Å². The lowest BCUT2D eigenvalue weighted by atomic mass is 10.2. The van der Waals surface area contributed by atoms with Gasteiger partial charge < -0.3 is 4.74 Å². The van der Waals surface area contributed by atoms with E-state index >= 15 is 0 Å². The van der Waals surface area contributed by atoms with Crippen molar-refractivity contribution in [1.82, 2.24) is 0 Å². The molecule has 0 aromatic heterocycles. The summed E-state index contributed by atoms with van der Waals surface area (Å²) in [5, 5.41) is 3.53. The summed E-state index contributed by atoms with van der Waals surface area (Å²) >= 11 is 0. The van der Waals surface area contributed by atoms with Gasteiger partial charge in [-0.3, -0.25) is 4.99 Å². The number of aliphatic imine (C=N–C) groups is 1. The fourth-order valence-corrected chi connectivity index (χ4v) is 2.00. The van der Waals surface area contributed by atoms with Gasteiger partial charge in [0, 0.05) is 16.8 Å². The molecule has 5 nitrogen and oxygen atoms in total. The molecule has 0 spiro atoms. The van der Waals surface area contributed by atoms with Crippen LogP contribution < -0.4 is 4.74 Å². The smallest absolute Gasteiger partial charge is 0.119 e. The van der Waals surface area contributed by atoms with Gasteiger partial charge in [-0.25, -0.2) is 0 Å². The topological polar surface area (TPSA) is 70.4 Å². The molecule has 0 bridgehead atoms. The minimum absolute atomic E-state index is 0.592. The van der Waals surface area contributed by atoms with E-state index in [1.165, 1.54) is 12.8 Å². The Bertz CT molecular complexity index is 671. The van der Waals surface area contributed by atoms with Gasteiger partial charge in [0.05, 0.1) is 12.3 Å². The van der Waals surface area contributed by atoms with E-state index in [1.54, 1.807) is 18.3 Å². The SMILES string of the molecule is CCCCCOc1ccc(N=Cc2ccc(N=[N+]=[N-])cc2)cc1. The Hall–Kier alpha value is -2.78. The van der Waals surface area contributed by atoms with E-state index in [2.05, 4.69) is 21.9 Å². The van der Waals surface area contributed by atoms with Crippen LogP contribution in [-0.2, 0) is 0 Å². The zero-order valence-corrected chi connectivity index (χ0v) is 13.2. The lowest BCUT2D eigenvalue weighted by Crippen LogP contribution is -1.96. The summed E-state index contributed by atoms with van der Waals surface area (Å²) in [4.78, 5) is 7.17. The molecule has 0 amide bonds. The second kappa shape index (κ2) is 9.28. The molecule has 2 aromatic carbocycles. The highest BCUT2D eigenvalue weighted by atomic mass is 16.5. The first-order valence-electron chi connectivity index (χ1n) is 7.74. The molecular weight excluding hydrogens is 288 g/mol. The highest BCUT2D eigenvalue weighted by molar-refractivity contribution is 5.82. The van der Waals surface area contributed by atoms with Crippen LogP contribution in [0.15, 0.2) is 58.6 Å². The molecule has 0 N–H and O–H groups in total. The molecular formula is C18H20N4O. The van der Waals surface area contributed by atoms with Crippen LogP contribution in [0.2, 0.25) is 0 Å². The predicted molar refractivity (Wildman–Crippen MR) is 94.0 cm³/mol. The molecule has 0 saturated heterocycles. The quantitative estimate of drug-likeness (QED) is 0.195. The van der Waals surface area contributed by atoms with Crippen molar-refractivity contribution in [3.05, 3.63) is 64.5 Å². The van der Waals surface area contributed by atoms with E-state index in [0.717, 1.165) is 30.0 Å². The molecule has 0 unspecified atom stereocenters. The molecule has 5 heteroatoms. The zero-order chi connectivity index (χ0) is 16.3. The third-order valence-electron chi connectivity index (χ3n) is 3.27. The Labute approximate surface area is 136 Å². The van der Waals surface area contributed by atoms with Gasteiger partial charge in [-0.15, -0.1) is 0 Å². The number of nitrogens with zero attached hydrogens (tertiary/aromatic N) is 4. The van der Waals surface area contributed by atoms with Crippen molar-refractivity contribution < 1.29 is 4.74 Å². The standard InChI is InChI=1S/C18H20N4O/c1-2-3-4-13-23-18-11-9-16(10-12-18)20-14-15-5-7-17(8-6-15)21-22-19/h5-12,14H,2-4,13H2,1H3. The van der Waals surface area contributed by atoms with Crippen LogP contribution in [0.5, 0.6) is 5.75 Å². The van der Waals surface area contributed by atoms with Crippen LogP contribution in [0.1, 0.15) is 31.7 Å². The number of azide groups is 1. The lowest BCUT2D eigenvalue weighted by Gasteiger charge is -2.05. The van der Waals surface area contributed by atoms with Crippen molar-refractivity contribution in [3.8, 4) is 5.75 Å². The fraction of sp³-hybridized carbons (Fsp3) is 0.278. The molecule has 0 fully saturated rings. The molecule has 0 aliphatic heterocycles. The zero-order valence-electron chi connectivity index (χ0n) is 13.2. The van der Waals surface area contributed by atoms with Gasteiger partial charge in [0.2, 0.25) is 0 Å². The lowest BCUT2D eigenvalue weighted by molar-refractivity contribution is 0.306. The van der Waals surface area contributed by atoms with Crippen molar-refractivity contribution in [3.63, 3.8) is 0 Å². The monoisotopic (exact) mass is 308 g/mol. The summed E-state index contributed by atoms with van der Waals surface area (Å²) < 4.78 is 5.67. The van der Waals surface area contributed by atoms with E-state index in [0.29, 0.717) is 5.69 Å². The van der Waals surface area contributed by atoms with Crippen LogP contribution in [0.25, 0.3) is 10.4 Å². The van der Waals surface area contributed by atoms with Gasteiger partial charge in [-0.2, -0.15) is 0 Å². The molecule has 118 valence electrons. The van der Waals surface area contributed by atoms with Crippen molar-refractivity contribution in [2.24, 2.45) is 10.1 Å². The second-order valence-corrected chi connectivity index (χ2v) is 5.09.